The number of benzene rings is 1. The van der Waals surface area contributed by atoms with Gasteiger partial charge in [-0.25, -0.2) is 0 Å². The number of hydrogen-bond acceptors (Lipinski definition) is 5. The van der Waals surface area contributed by atoms with Gasteiger partial charge in [0.25, 0.3) is 0 Å². The van der Waals surface area contributed by atoms with Gasteiger partial charge in [-0.1, -0.05) is 0 Å². The highest BCUT2D eigenvalue weighted by Gasteiger charge is 2.36. The van der Waals surface area contributed by atoms with Gasteiger partial charge in [0, 0.05) is 61.8 Å². The van der Waals surface area contributed by atoms with Crippen LogP contribution in [0.15, 0.2) is 30.5 Å². The minimum Gasteiger partial charge on any atom is -0.368 e. The molecule has 2 atom stereocenters. The highest BCUT2D eigenvalue weighted by molar-refractivity contribution is 5.95. The van der Waals surface area contributed by atoms with E-state index in [-0.39, 0.29) is 6.04 Å². The molecule has 2 unspecified atom stereocenters. The van der Waals surface area contributed by atoms with Crippen molar-refractivity contribution in [3.05, 3.63) is 36.0 Å². The molecule has 2 aliphatic heterocycles. The van der Waals surface area contributed by atoms with Gasteiger partial charge in [0.2, 0.25) is 0 Å². The van der Waals surface area contributed by atoms with E-state index in [4.69, 9.17) is 0 Å². The first-order chi connectivity index (χ1) is 11.7. The fourth-order valence-corrected chi connectivity index (χ4v) is 4.14. The zero-order valence-corrected chi connectivity index (χ0v) is 13.8. The SMILES string of the molecule is CC1CN(c2ccc(C#N)c3ncccc23)CC2CC(=O)CCN12. The van der Waals surface area contributed by atoms with E-state index in [0.29, 0.717) is 30.2 Å². The van der Waals surface area contributed by atoms with E-state index in [0.717, 1.165) is 36.2 Å². The monoisotopic (exact) mass is 320 g/mol. The Balaban J connectivity index is 1.73. The maximum Gasteiger partial charge on any atom is 0.135 e. The Morgan fingerprint density at radius 3 is 3.00 bits per heavy atom. The summed E-state index contributed by atoms with van der Waals surface area (Å²) in [6.45, 7) is 4.90. The molecule has 5 heteroatoms. The number of carbonyl (C=O) groups is 1. The standard InChI is InChI=1S/C19H20N4O/c1-13-11-22(12-15-9-16(24)6-8-23(13)15)18-5-4-14(10-20)19-17(18)3-2-7-21-19/h2-5,7,13,15H,6,8-9,11-12H2,1H3. The van der Waals surface area contributed by atoms with Crippen LogP contribution in [0, 0.1) is 11.3 Å². The molecule has 24 heavy (non-hydrogen) atoms. The van der Waals surface area contributed by atoms with Gasteiger partial charge in [0.15, 0.2) is 0 Å². The molecule has 122 valence electrons. The van der Waals surface area contributed by atoms with E-state index in [9.17, 15) is 10.1 Å². The summed E-state index contributed by atoms with van der Waals surface area (Å²) in [5.41, 5.74) is 2.47. The van der Waals surface area contributed by atoms with Crippen LogP contribution < -0.4 is 4.90 Å². The normalized spacial score (nSPS) is 24.7. The number of piperazine rings is 1. The lowest BCUT2D eigenvalue weighted by atomic mass is 9.94. The minimum absolute atomic E-state index is 0.289. The van der Waals surface area contributed by atoms with E-state index in [2.05, 4.69) is 27.8 Å². The summed E-state index contributed by atoms with van der Waals surface area (Å²) < 4.78 is 0. The molecule has 0 saturated carbocycles. The molecule has 4 rings (SSSR count). The third-order valence-electron chi connectivity index (χ3n) is 5.27. The number of piperidine rings is 1. The third-order valence-corrected chi connectivity index (χ3v) is 5.27. The fraction of sp³-hybridized carbons (Fsp3) is 0.421. The molecule has 2 aromatic rings. The van der Waals surface area contributed by atoms with E-state index in [1.807, 2.05) is 24.3 Å². The first-order valence-electron chi connectivity index (χ1n) is 8.47. The maximum absolute atomic E-state index is 11.9. The van der Waals surface area contributed by atoms with Gasteiger partial charge >= 0.3 is 0 Å². The third kappa shape index (κ3) is 2.44. The van der Waals surface area contributed by atoms with Crippen LogP contribution in [0.25, 0.3) is 10.9 Å². The van der Waals surface area contributed by atoms with Crippen LogP contribution in [0.3, 0.4) is 0 Å². The van der Waals surface area contributed by atoms with Crippen LogP contribution in [0.5, 0.6) is 0 Å². The molecule has 1 aromatic heterocycles. The average molecular weight is 320 g/mol. The second-order valence-electron chi connectivity index (χ2n) is 6.78. The van der Waals surface area contributed by atoms with Gasteiger partial charge in [-0.3, -0.25) is 14.7 Å². The predicted molar refractivity (Wildman–Crippen MR) is 92.9 cm³/mol. The molecule has 0 aliphatic carbocycles. The highest BCUT2D eigenvalue weighted by atomic mass is 16.1. The Morgan fingerprint density at radius 2 is 2.17 bits per heavy atom. The van der Waals surface area contributed by atoms with Crippen molar-refractivity contribution in [1.29, 1.82) is 5.26 Å². The zero-order valence-electron chi connectivity index (χ0n) is 13.8. The van der Waals surface area contributed by atoms with Crippen molar-refractivity contribution in [3.8, 4) is 6.07 Å². The largest absolute Gasteiger partial charge is 0.368 e. The molecule has 0 N–H and O–H groups in total. The lowest BCUT2D eigenvalue weighted by Crippen LogP contribution is -2.60. The number of aromatic nitrogens is 1. The summed E-state index contributed by atoms with van der Waals surface area (Å²) >= 11 is 0. The van der Waals surface area contributed by atoms with Gasteiger partial charge in [-0.05, 0) is 31.2 Å². The second kappa shape index (κ2) is 5.88. The average Bonchev–Trinajstić information content (AvgIpc) is 2.60. The van der Waals surface area contributed by atoms with Crippen LogP contribution in [-0.4, -0.2) is 47.4 Å². The second-order valence-corrected chi connectivity index (χ2v) is 6.78. The van der Waals surface area contributed by atoms with Crippen LogP contribution in [-0.2, 0) is 4.79 Å². The molecule has 0 amide bonds. The lowest BCUT2D eigenvalue weighted by molar-refractivity contribution is -0.124. The molecule has 2 fully saturated rings. The van der Waals surface area contributed by atoms with E-state index >= 15 is 0 Å². The van der Waals surface area contributed by atoms with Crippen molar-refractivity contribution in [1.82, 2.24) is 9.88 Å². The van der Waals surface area contributed by atoms with Crippen molar-refractivity contribution < 1.29 is 4.79 Å². The summed E-state index contributed by atoms with van der Waals surface area (Å²) in [6, 6.07) is 10.8. The smallest absolute Gasteiger partial charge is 0.135 e. The number of hydrogen-bond donors (Lipinski definition) is 0. The number of anilines is 1. The van der Waals surface area contributed by atoms with Crippen LogP contribution in [0.2, 0.25) is 0 Å². The molecule has 0 bridgehead atoms. The van der Waals surface area contributed by atoms with Gasteiger partial charge in [0.05, 0.1) is 11.1 Å². The van der Waals surface area contributed by atoms with Gasteiger partial charge < -0.3 is 4.90 Å². The summed E-state index contributed by atoms with van der Waals surface area (Å²) in [5.74, 6) is 0.372. The topological polar surface area (TPSA) is 60.2 Å². The molecule has 5 nitrogen and oxygen atoms in total. The molecule has 2 saturated heterocycles. The van der Waals surface area contributed by atoms with Gasteiger partial charge in [-0.15, -0.1) is 0 Å². The predicted octanol–water partition coefficient (Wildman–Crippen LogP) is 2.35. The lowest BCUT2D eigenvalue weighted by Gasteiger charge is -2.48. The van der Waals surface area contributed by atoms with Gasteiger partial charge in [-0.2, -0.15) is 5.26 Å². The van der Waals surface area contributed by atoms with Crippen molar-refractivity contribution in [2.75, 3.05) is 24.5 Å². The minimum atomic E-state index is 0.289. The van der Waals surface area contributed by atoms with Crippen molar-refractivity contribution in [2.24, 2.45) is 0 Å². The van der Waals surface area contributed by atoms with E-state index < -0.39 is 0 Å². The molecule has 3 heterocycles. The number of fused-ring (bicyclic) bond motifs is 2. The number of nitriles is 1. The summed E-state index contributed by atoms with van der Waals surface area (Å²) in [5, 5.41) is 10.3. The summed E-state index contributed by atoms with van der Waals surface area (Å²) in [7, 11) is 0. The van der Waals surface area contributed by atoms with Crippen molar-refractivity contribution in [3.63, 3.8) is 0 Å². The quantitative estimate of drug-likeness (QED) is 0.807. The Labute approximate surface area is 141 Å². The first kappa shape index (κ1) is 15.1. The van der Waals surface area contributed by atoms with Crippen LogP contribution >= 0.6 is 0 Å². The van der Waals surface area contributed by atoms with Crippen molar-refractivity contribution in [2.45, 2.75) is 31.8 Å². The molecule has 1 aromatic carbocycles. The Hall–Kier alpha value is -2.45. The Kier molecular flexibility index (Phi) is 3.70. The number of nitrogens with zero attached hydrogens (tertiary/aromatic N) is 4. The Bertz CT molecular complexity index is 841. The summed E-state index contributed by atoms with van der Waals surface area (Å²) in [4.78, 5) is 21.1. The number of carbonyl (C=O) groups excluding carboxylic acids is 1. The Morgan fingerprint density at radius 1 is 1.29 bits per heavy atom. The zero-order chi connectivity index (χ0) is 16.7. The number of Topliss-reactive ketones (excluding diaryl/α,β-unsaturated/α-hetero) is 1. The van der Waals surface area contributed by atoms with Gasteiger partial charge in [0.1, 0.15) is 11.9 Å². The summed E-state index contributed by atoms with van der Waals surface area (Å²) in [6.07, 6.45) is 3.06. The molecular weight excluding hydrogens is 300 g/mol. The molecule has 2 aliphatic rings. The molecule has 0 spiro atoms. The number of pyridine rings is 1. The van der Waals surface area contributed by atoms with E-state index in [1.54, 1.807) is 6.20 Å². The van der Waals surface area contributed by atoms with Crippen LogP contribution in [0.1, 0.15) is 25.3 Å². The number of rotatable bonds is 1. The maximum atomic E-state index is 11.9. The molecule has 0 radical (unpaired) electrons. The fourth-order valence-electron chi connectivity index (χ4n) is 4.14. The first-order valence-corrected chi connectivity index (χ1v) is 8.47. The highest BCUT2D eigenvalue weighted by Crippen LogP contribution is 2.32. The van der Waals surface area contributed by atoms with Crippen LogP contribution in [0.4, 0.5) is 5.69 Å². The van der Waals surface area contributed by atoms with Crippen molar-refractivity contribution >= 4 is 22.4 Å². The van der Waals surface area contributed by atoms with E-state index in [1.165, 1.54) is 0 Å². The molecular formula is C19H20N4O. The number of ketones is 1.